The van der Waals surface area contributed by atoms with Gasteiger partial charge in [-0.25, -0.2) is 0 Å². The van der Waals surface area contributed by atoms with E-state index in [-0.39, 0.29) is 13.2 Å². The molecule has 3 N–H and O–H groups in total. The molecular weight excluding hydrogens is 419 g/mol. The van der Waals surface area contributed by atoms with E-state index in [4.69, 9.17) is 4.74 Å². The molecule has 0 radical (unpaired) electrons. The fourth-order valence-corrected chi connectivity index (χ4v) is 4.39. The lowest BCUT2D eigenvalue weighted by Gasteiger charge is -2.32. The first-order valence-corrected chi connectivity index (χ1v) is 11.2. The largest absolute Gasteiger partial charge is 0.490 e. The summed E-state index contributed by atoms with van der Waals surface area (Å²) in [7, 11) is 0. The van der Waals surface area contributed by atoms with Crippen LogP contribution in [0.5, 0.6) is 5.75 Å². The van der Waals surface area contributed by atoms with Crippen molar-refractivity contribution in [3.63, 3.8) is 0 Å². The predicted octanol–water partition coefficient (Wildman–Crippen LogP) is 4.31. The molecule has 3 aromatic rings. The fraction of sp³-hybridized carbons (Fsp3) is 0.500. The minimum absolute atomic E-state index is 0.0862. The third-order valence-electron chi connectivity index (χ3n) is 6.15. The van der Waals surface area contributed by atoms with E-state index in [1.165, 1.54) is 0 Å². The first-order valence-electron chi connectivity index (χ1n) is 11.2. The summed E-state index contributed by atoms with van der Waals surface area (Å²) in [6.07, 6.45) is -3.73. The number of ether oxygens (including phenoxy) is 1. The van der Waals surface area contributed by atoms with Crippen LogP contribution in [0.2, 0.25) is 0 Å². The van der Waals surface area contributed by atoms with Crippen molar-refractivity contribution in [1.82, 2.24) is 15.2 Å². The maximum atomic E-state index is 12.4. The lowest BCUT2D eigenvalue weighted by atomic mass is 9.96. The van der Waals surface area contributed by atoms with Crippen LogP contribution in [-0.4, -0.2) is 66.6 Å². The molecule has 5 nitrogen and oxygen atoms in total. The summed E-state index contributed by atoms with van der Waals surface area (Å²) in [5.41, 5.74) is 2.04. The highest BCUT2D eigenvalue weighted by atomic mass is 19.4. The second-order valence-corrected chi connectivity index (χ2v) is 8.62. The lowest BCUT2D eigenvalue weighted by Crippen LogP contribution is -2.40. The molecule has 174 valence electrons. The van der Waals surface area contributed by atoms with Gasteiger partial charge in [-0.1, -0.05) is 24.3 Å². The van der Waals surface area contributed by atoms with Gasteiger partial charge in [0.1, 0.15) is 18.5 Å². The number of rotatable bonds is 9. The standard InChI is InChI=1S/C24H30F3N3O2/c25-24(26,27)10-13-30-11-8-17(9-12-30)14-28-15-18(31)16-32-22-7-3-6-21-23(22)19-4-1-2-5-20(19)29-21/h1-7,17-18,28-29,31H,8-16H2/t18-/m0/s1. The normalized spacial score (nSPS) is 17.2. The summed E-state index contributed by atoms with van der Waals surface area (Å²) in [4.78, 5) is 5.27. The number of hydrogen-bond donors (Lipinski definition) is 3. The maximum Gasteiger partial charge on any atom is 0.390 e. The highest BCUT2D eigenvalue weighted by Gasteiger charge is 2.29. The number of para-hydroxylation sites is 1. The number of nitrogens with zero attached hydrogens (tertiary/aromatic N) is 1. The Morgan fingerprint density at radius 1 is 1.09 bits per heavy atom. The predicted molar refractivity (Wildman–Crippen MR) is 120 cm³/mol. The van der Waals surface area contributed by atoms with Crippen LogP contribution in [0.3, 0.4) is 0 Å². The van der Waals surface area contributed by atoms with Gasteiger partial charge in [0.2, 0.25) is 0 Å². The molecule has 4 rings (SSSR count). The molecule has 1 saturated heterocycles. The molecule has 0 spiro atoms. The highest BCUT2D eigenvalue weighted by Crippen LogP contribution is 2.33. The first-order chi connectivity index (χ1) is 15.4. The minimum atomic E-state index is -4.09. The van der Waals surface area contributed by atoms with Gasteiger partial charge >= 0.3 is 6.18 Å². The van der Waals surface area contributed by atoms with Gasteiger partial charge in [-0.05, 0) is 56.6 Å². The molecule has 1 fully saturated rings. The van der Waals surface area contributed by atoms with Crippen LogP contribution in [0, 0.1) is 5.92 Å². The minimum Gasteiger partial charge on any atom is -0.490 e. The van der Waals surface area contributed by atoms with Crippen molar-refractivity contribution in [1.29, 1.82) is 0 Å². The second kappa shape index (κ2) is 10.1. The average Bonchev–Trinajstić information content (AvgIpc) is 3.16. The molecule has 32 heavy (non-hydrogen) atoms. The Hall–Kier alpha value is -2.29. The third kappa shape index (κ3) is 5.94. The van der Waals surface area contributed by atoms with E-state index < -0.39 is 18.7 Å². The molecule has 1 atom stereocenters. The Bertz CT molecular complexity index is 1010. The molecular formula is C24H30F3N3O2. The van der Waals surface area contributed by atoms with Crippen LogP contribution in [0.25, 0.3) is 21.8 Å². The number of halogens is 3. The zero-order valence-corrected chi connectivity index (χ0v) is 18.0. The van der Waals surface area contributed by atoms with Crippen LogP contribution in [-0.2, 0) is 0 Å². The van der Waals surface area contributed by atoms with Gasteiger partial charge in [-0.15, -0.1) is 0 Å². The number of aromatic nitrogens is 1. The van der Waals surface area contributed by atoms with Crippen LogP contribution in [0.4, 0.5) is 13.2 Å². The average molecular weight is 450 g/mol. The van der Waals surface area contributed by atoms with Crippen LogP contribution >= 0.6 is 0 Å². The number of likely N-dealkylation sites (tertiary alicyclic amines) is 1. The molecule has 0 amide bonds. The third-order valence-corrected chi connectivity index (χ3v) is 6.15. The number of piperidine rings is 1. The van der Waals surface area contributed by atoms with E-state index in [0.717, 1.165) is 46.9 Å². The summed E-state index contributed by atoms with van der Waals surface area (Å²) in [6.45, 7) is 2.83. The Balaban J connectivity index is 1.19. The molecule has 0 unspecified atom stereocenters. The molecule has 0 aliphatic carbocycles. The van der Waals surface area contributed by atoms with Crippen LogP contribution in [0.15, 0.2) is 42.5 Å². The Kier molecular flexibility index (Phi) is 7.23. The zero-order valence-electron chi connectivity index (χ0n) is 18.0. The smallest absolute Gasteiger partial charge is 0.390 e. The maximum absolute atomic E-state index is 12.4. The van der Waals surface area contributed by atoms with Gasteiger partial charge in [0.05, 0.1) is 11.9 Å². The van der Waals surface area contributed by atoms with E-state index >= 15 is 0 Å². The molecule has 1 aromatic heterocycles. The van der Waals surface area contributed by atoms with Crippen LogP contribution < -0.4 is 10.1 Å². The molecule has 2 heterocycles. The van der Waals surface area contributed by atoms with Gasteiger partial charge in [0, 0.05) is 29.4 Å². The van der Waals surface area contributed by atoms with Gasteiger partial charge in [-0.3, -0.25) is 0 Å². The fourth-order valence-electron chi connectivity index (χ4n) is 4.39. The summed E-state index contributed by atoms with van der Waals surface area (Å²) < 4.78 is 43.0. The van der Waals surface area contributed by atoms with E-state index in [9.17, 15) is 18.3 Å². The van der Waals surface area contributed by atoms with Crippen molar-refractivity contribution in [2.75, 3.05) is 39.3 Å². The number of nitrogens with one attached hydrogen (secondary N) is 2. The first kappa shape index (κ1) is 22.9. The van der Waals surface area contributed by atoms with Gasteiger partial charge in [-0.2, -0.15) is 13.2 Å². The zero-order chi connectivity index (χ0) is 22.6. The second-order valence-electron chi connectivity index (χ2n) is 8.62. The number of aliphatic hydroxyl groups is 1. The number of hydrogen-bond acceptors (Lipinski definition) is 4. The summed E-state index contributed by atoms with van der Waals surface area (Å²) in [6, 6.07) is 13.9. The SMILES string of the molecule is O[C@@H](CNCC1CCN(CCC(F)(F)F)CC1)COc1cccc2[nH]c3ccccc3c12. The Morgan fingerprint density at radius 3 is 2.62 bits per heavy atom. The van der Waals surface area contributed by atoms with E-state index in [0.29, 0.717) is 25.6 Å². The molecule has 0 bridgehead atoms. The topological polar surface area (TPSA) is 60.5 Å². The molecule has 8 heteroatoms. The van der Waals surface area contributed by atoms with Crippen molar-refractivity contribution in [2.45, 2.75) is 31.5 Å². The van der Waals surface area contributed by atoms with Crippen molar-refractivity contribution in [2.24, 2.45) is 5.92 Å². The van der Waals surface area contributed by atoms with E-state index in [1.54, 1.807) is 0 Å². The number of alkyl halides is 3. The molecule has 2 aromatic carbocycles. The summed E-state index contributed by atoms with van der Waals surface area (Å²) >= 11 is 0. The van der Waals surface area contributed by atoms with Gasteiger partial charge < -0.3 is 25.0 Å². The number of aromatic amines is 1. The lowest BCUT2D eigenvalue weighted by molar-refractivity contribution is -0.138. The van der Waals surface area contributed by atoms with Crippen molar-refractivity contribution < 1.29 is 23.0 Å². The quantitative estimate of drug-likeness (QED) is 0.456. The van der Waals surface area contributed by atoms with E-state index in [2.05, 4.69) is 10.3 Å². The van der Waals surface area contributed by atoms with E-state index in [1.807, 2.05) is 47.4 Å². The summed E-state index contributed by atoms with van der Waals surface area (Å²) in [5, 5.41) is 15.7. The van der Waals surface area contributed by atoms with Crippen molar-refractivity contribution >= 4 is 21.8 Å². The molecule has 1 aliphatic heterocycles. The highest BCUT2D eigenvalue weighted by molar-refractivity contribution is 6.10. The van der Waals surface area contributed by atoms with Gasteiger partial charge in [0.15, 0.2) is 0 Å². The van der Waals surface area contributed by atoms with Crippen LogP contribution in [0.1, 0.15) is 19.3 Å². The van der Waals surface area contributed by atoms with Crippen molar-refractivity contribution in [3.8, 4) is 5.75 Å². The monoisotopic (exact) mass is 449 g/mol. The molecule has 0 saturated carbocycles. The Morgan fingerprint density at radius 2 is 1.84 bits per heavy atom. The molecule has 1 aliphatic rings. The number of fused-ring (bicyclic) bond motifs is 3. The number of aliphatic hydroxyl groups excluding tert-OH is 1. The number of H-pyrrole nitrogens is 1. The number of benzene rings is 2. The van der Waals surface area contributed by atoms with Crippen molar-refractivity contribution in [3.05, 3.63) is 42.5 Å². The Labute approximate surface area is 185 Å². The van der Waals surface area contributed by atoms with Gasteiger partial charge in [0.25, 0.3) is 0 Å². The summed E-state index contributed by atoms with van der Waals surface area (Å²) in [5.74, 6) is 1.16.